The van der Waals surface area contributed by atoms with Gasteiger partial charge in [-0.15, -0.1) is 0 Å². The number of hydrogen-bond acceptors (Lipinski definition) is 3. The Labute approximate surface area is 137 Å². The predicted molar refractivity (Wildman–Crippen MR) is 87.5 cm³/mol. The van der Waals surface area contributed by atoms with Crippen molar-refractivity contribution in [1.82, 2.24) is 4.90 Å². The maximum absolute atomic E-state index is 12.7. The summed E-state index contributed by atoms with van der Waals surface area (Å²) in [5, 5.41) is 9.24. The van der Waals surface area contributed by atoms with Crippen LogP contribution < -0.4 is 4.74 Å². The number of likely N-dealkylation sites (tertiary alicyclic amines) is 1. The Balaban J connectivity index is 2.02. The number of carboxylic acid groups (broad SMARTS) is 1. The molecule has 1 aliphatic heterocycles. The van der Waals surface area contributed by atoms with Crippen molar-refractivity contribution >= 4 is 11.9 Å². The van der Waals surface area contributed by atoms with Crippen molar-refractivity contribution in [3.05, 3.63) is 29.8 Å². The molecule has 2 rings (SSSR count). The molecule has 1 N–H and O–H groups in total. The molecule has 0 aromatic heterocycles. The van der Waals surface area contributed by atoms with Gasteiger partial charge < -0.3 is 14.7 Å². The summed E-state index contributed by atoms with van der Waals surface area (Å²) in [5.41, 5.74) is 0.414. The third-order valence-corrected chi connectivity index (χ3v) is 4.28. The van der Waals surface area contributed by atoms with Gasteiger partial charge in [0.25, 0.3) is 0 Å². The number of aryl methyl sites for hydroxylation is 1. The van der Waals surface area contributed by atoms with Crippen molar-refractivity contribution in [2.24, 2.45) is 5.41 Å². The topological polar surface area (TPSA) is 66.8 Å². The lowest BCUT2D eigenvalue weighted by atomic mass is 9.92. The first kappa shape index (κ1) is 17.3. The fourth-order valence-electron chi connectivity index (χ4n) is 2.84. The van der Waals surface area contributed by atoms with E-state index in [-0.39, 0.29) is 12.5 Å². The molecular formula is C18H25NO4. The summed E-state index contributed by atoms with van der Waals surface area (Å²) in [4.78, 5) is 25.5. The van der Waals surface area contributed by atoms with Crippen LogP contribution in [0.3, 0.4) is 0 Å². The van der Waals surface area contributed by atoms with Crippen molar-refractivity contribution in [3.8, 4) is 5.75 Å². The van der Waals surface area contributed by atoms with Gasteiger partial charge in [-0.05, 0) is 50.8 Å². The number of aliphatic carboxylic acids is 1. The number of carbonyl (C=O) groups is 2. The Bertz CT molecular complexity index is 582. The molecule has 23 heavy (non-hydrogen) atoms. The van der Waals surface area contributed by atoms with E-state index in [1.807, 2.05) is 24.3 Å². The van der Waals surface area contributed by atoms with Crippen LogP contribution in [-0.2, 0) is 16.0 Å². The quantitative estimate of drug-likeness (QED) is 0.875. The number of benzene rings is 1. The van der Waals surface area contributed by atoms with Gasteiger partial charge >= 0.3 is 5.97 Å². The molecule has 1 heterocycles. The number of hydrogen-bond donors (Lipinski definition) is 1. The predicted octanol–water partition coefficient (Wildman–Crippen LogP) is 2.73. The van der Waals surface area contributed by atoms with Crippen molar-refractivity contribution in [3.63, 3.8) is 0 Å². The number of ether oxygens (including phenoxy) is 1. The zero-order chi connectivity index (χ0) is 17.0. The minimum Gasteiger partial charge on any atom is -0.492 e. The normalized spacial score (nSPS) is 18.0. The third-order valence-electron chi connectivity index (χ3n) is 4.28. The van der Waals surface area contributed by atoms with Gasteiger partial charge in [0.15, 0.2) is 0 Å². The van der Waals surface area contributed by atoms with Crippen LogP contribution in [0, 0.1) is 5.41 Å². The largest absolute Gasteiger partial charge is 0.492 e. The first-order valence-electron chi connectivity index (χ1n) is 8.11. The van der Waals surface area contributed by atoms with Gasteiger partial charge in [-0.3, -0.25) is 4.79 Å². The lowest BCUT2D eigenvalue weighted by Gasteiger charge is -2.31. The van der Waals surface area contributed by atoms with Crippen molar-refractivity contribution < 1.29 is 19.4 Å². The summed E-state index contributed by atoms with van der Waals surface area (Å²) >= 11 is 0. The number of amides is 1. The molecule has 1 aromatic carbocycles. The van der Waals surface area contributed by atoms with Gasteiger partial charge in [0.1, 0.15) is 18.4 Å². The molecule has 0 bridgehead atoms. The second kappa shape index (κ2) is 7.02. The molecule has 1 amide bonds. The first-order valence-corrected chi connectivity index (χ1v) is 8.11. The highest BCUT2D eigenvalue weighted by molar-refractivity contribution is 5.87. The minimum atomic E-state index is -0.928. The van der Waals surface area contributed by atoms with Gasteiger partial charge in [0.05, 0.1) is 5.41 Å². The Hall–Kier alpha value is -2.04. The molecule has 1 saturated heterocycles. The van der Waals surface area contributed by atoms with Crippen LogP contribution in [0.25, 0.3) is 0 Å². The highest BCUT2D eigenvalue weighted by Gasteiger charge is 2.41. The molecule has 0 aliphatic carbocycles. The molecule has 0 radical (unpaired) electrons. The number of rotatable bonds is 6. The van der Waals surface area contributed by atoms with Crippen molar-refractivity contribution in [1.29, 1.82) is 0 Å². The maximum Gasteiger partial charge on any atom is 0.326 e. The van der Waals surface area contributed by atoms with Crippen LogP contribution in [0.5, 0.6) is 5.75 Å². The molecule has 1 atom stereocenters. The average Bonchev–Trinajstić information content (AvgIpc) is 3.02. The summed E-state index contributed by atoms with van der Waals surface area (Å²) in [5.74, 6) is -0.348. The van der Waals surface area contributed by atoms with E-state index in [2.05, 4.69) is 6.92 Å². The number of nitrogens with zero attached hydrogens (tertiary/aromatic N) is 1. The second-order valence-corrected chi connectivity index (χ2v) is 6.67. The Kier molecular flexibility index (Phi) is 5.29. The van der Waals surface area contributed by atoms with Gasteiger partial charge in [-0.1, -0.05) is 19.1 Å². The van der Waals surface area contributed by atoms with Crippen molar-refractivity contribution in [2.45, 2.75) is 46.1 Å². The van der Waals surface area contributed by atoms with Gasteiger partial charge in [0.2, 0.25) is 5.91 Å². The van der Waals surface area contributed by atoms with Gasteiger partial charge in [-0.25, -0.2) is 4.79 Å². The molecular weight excluding hydrogens is 294 g/mol. The Morgan fingerprint density at radius 3 is 2.78 bits per heavy atom. The highest BCUT2D eigenvalue weighted by atomic mass is 16.5. The van der Waals surface area contributed by atoms with Gasteiger partial charge in [-0.2, -0.15) is 0 Å². The first-order chi connectivity index (χ1) is 10.8. The molecule has 1 unspecified atom stereocenters. The molecule has 5 nitrogen and oxygen atoms in total. The van der Waals surface area contributed by atoms with Crippen LogP contribution in [-0.4, -0.2) is 41.1 Å². The van der Waals surface area contributed by atoms with Crippen LogP contribution >= 0.6 is 0 Å². The highest BCUT2D eigenvalue weighted by Crippen LogP contribution is 2.27. The average molecular weight is 319 g/mol. The van der Waals surface area contributed by atoms with E-state index in [9.17, 15) is 14.7 Å². The molecule has 1 fully saturated rings. The van der Waals surface area contributed by atoms with Gasteiger partial charge in [0, 0.05) is 6.54 Å². The Morgan fingerprint density at radius 1 is 1.39 bits per heavy atom. The second-order valence-electron chi connectivity index (χ2n) is 6.67. The molecule has 5 heteroatoms. The van der Waals surface area contributed by atoms with E-state index in [0.29, 0.717) is 13.0 Å². The standard InChI is InChI=1S/C18H25NO4/c1-4-13-7-5-8-14(11-13)23-12-18(2,3)17(22)19-10-6-9-15(19)16(20)21/h5,7-8,11,15H,4,6,9-10,12H2,1-3H3,(H,20,21). The van der Waals surface area contributed by atoms with E-state index >= 15 is 0 Å². The summed E-state index contributed by atoms with van der Waals surface area (Å²) in [6.45, 7) is 6.41. The molecule has 0 spiro atoms. The number of carboxylic acids is 1. The SMILES string of the molecule is CCc1cccc(OCC(C)(C)C(=O)N2CCCC2C(=O)O)c1. The molecule has 1 aliphatic rings. The molecule has 126 valence electrons. The number of carbonyl (C=O) groups excluding carboxylic acids is 1. The summed E-state index contributed by atoms with van der Waals surface area (Å²) in [7, 11) is 0. The van der Waals surface area contributed by atoms with E-state index in [0.717, 1.165) is 18.6 Å². The fourth-order valence-corrected chi connectivity index (χ4v) is 2.84. The van der Waals surface area contributed by atoms with Crippen LogP contribution in [0.2, 0.25) is 0 Å². The third kappa shape index (κ3) is 4.03. The maximum atomic E-state index is 12.7. The van der Waals surface area contributed by atoms with E-state index in [4.69, 9.17) is 4.74 Å². The van der Waals surface area contributed by atoms with Crippen LogP contribution in [0.15, 0.2) is 24.3 Å². The lowest BCUT2D eigenvalue weighted by molar-refractivity contribution is -0.153. The Morgan fingerprint density at radius 2 is 2.13 bits per heavy atom. The summed E-state index contributed by atoms with van der Waals surface area (Å²) in [6, 6.07) is 7.10. The van der Waals surface area contributed by atoms with E-state index in [1.54, 1.807) is 13.8 Å². The monoisotopic (exact) mass is 319 g/mol. The lowest BCUT2D eigenvalue weighted by Crippen LogP contribution is -2.48. The van der Waals surface area contributed by atoms with E-state index < -0.39 is 17.4 Å². The van der Waals surface area contributed by atoms with Crippen LogP contribution in [0.4, 0.5) is 0 Å². The minimum absolute atomic E-state index is 0.158. The molecule has 0 saturated carbocycles. The fraction of sp³-hybridized carbons (Fsp3) is 0.556. The summed E-state index contributed by atoms with van der Waals surface area (Å²) < 4.78 is 5.79. The molecule has 1 aromatic rings. The van der Waals surface area contributed by atoms with Crippen molar-refractivity contribution in [2.75, 3.05) is 13.2 Å². The summed E-state index contributed by atoms with van der Waals surface area (Å²) in [6.07, 6.45) is 2.18. The zero-order valence-electron chi connectivity index (χ0n) is 14.0. The zero-order valence-corrected chi connectivity index (χ0v) is 14.0. The van der Waals surface area contributed by atoms with E-state index in [1.165, 1.54) is 10.5 Å². The van der Waals surface area contributed by atoms with Crippen LogP contribution in [0.1, 0.15) is 39.2 Å². The smallest absolute Gasteiger partial charge is 0.326 e.